The van der Waals surface area contributed by atoms with Crippen molar-refractivity contribution in [2.24, 2.45) is 5.92 Å². The van der Waals surface area contributed by atoms with Crippen molar-refractivity contribution in [3.8, 4) is 0 Å². The molecule has 2 aromatic rings. The maximum atomic E-state index is 12.4. The van der Waals surface area contributed by atoms with Gasteiger partial charge in [0.15, 0.2) is 6.61 Å². The van der Waals surface area contributed by atoms with E-state index >= 15 is 0 Å². The lowest BCUT2D eigenvalue weighted by Gasteiger charge is -2.08. The first-order valence-corrected chi connectivity index (χ1v) is 8.46. The number of esters is 1. The molecule has 0 unspecified atom stereocenters. The zero-order chi connectivity index (χ0) is 16.2. The van der Waals surface area contributed by atoms with Gasteiger partial charge < -0.3 is 9.72 Å². The maximum Gasteiger partial charge on any atom is 0.306 e. The van der Waals surface area contributed by atoms with Crippen LogP contribution in [0.15, 0.2) is 24.4 Å². The topological polar surface area (TPSA) is 59.2 Å². The number of hydrogen-bond acceptors (Lipinski definition) is 3. The molecule has 1 saturated carbocycles. The number of benzene rings is 1. The Labute approximate surface area is 136 Å². The standard InChI is InChI=1S/C19H23NO3/c1-2-14-8-5-9-15-16(11-20-19(14)15)17(21)12-23-18(22)10-13-6-3-4-7-13/h5,8-9,11,13,20H,2-4,6-7,10,12H2,1H3. The van der Waals surface area contributed by atoms with Crippen molar-refractivity contribution in [2.75, 3.05) is 6.61 Å². The van der Waals surface area contributed by atoms with Gasteiger partial charge in [-0.3, -0.25) is 9.59 Å². The normalized spacial score (nSPS) is 15.2. The monoisotopic (exact) mass is 313 g/mol. The molecular weight excluding hydrogens is 290 g/mol. The van der Waals surface area contributed by atoms with Gasteiger partial charge in [0.25, 0.3) is 0 Å². The molecule has 1 heterocycles. The number of aryl methyl sites for hydroxylation is 1. The van der Waals surface area contributed by atoms with Crippen molar-refractivity contribution in [1.29, 1.82) is 0 Å². The summed E-state index contributed by atoms with van der Waals surface area (Å²) >= 11 is 0. The van der Waals surface area contributed by atoms with Crippen LogP contribution in [-0.2, 0) is 16.0 Å². The summed E-state index contributed by atoms with van der Waals surface area (Å²) in [7, 11) is 0. The van der Waals surface area contributed by atoms with Gasteiger partial charge in [0.05, 0.1) is 0 Å². The van der Waals surface area contributed by atoms with Crippen LogP contribution in [0.25, 0.3) is 10.9 Å². The molecule has 0 spiro atoms. The third-order valence-electron chi connectivity index (χ3n) is 4.78. The molecule has 4 nitrogen and oxygen atoms in total. The van der Waals surface area contributed by atoms with E-state index in [1.165, 1.54) is 18.4 Å². The molecule has 0 radical (unpaired) electrons. The zero-order valence-corrected chi connectivity index (χ0v) is 13.6. The summed E-state index contributed by atoms with van der Waals surface area (Å²) in [4.78, 5) is 27.4. The third kappa shape index (κ3) is 3.46. The molecule has 0 bridgehead atoms. The lowest BCUT2D eigenvalue weighted by molar-refractivity contribution is -0.143. The van der Waals surface area contributed by atoms with E-state index in [0.717, 1.165) is 30.2 Å². The van der Waals surface area contributed by atoms with Crippen molar-refractivity contribution >= 4 is 22.7 Å². The molecule has 1 N–H and O–H groups in total. The molecule has 0 atom stereocenters. The highest BCUT2D eigenvalue weighted by atomic mass is 16.5. The van der Waals surface area contributed by atoms with Crippen molar-refractivity contribution in [2.45, 2.75) is 45.4 Å². The Bertz CT molecular complexity index is 710. The summed E-state index contributed by atoms with van der Waals surface area (Å²) in [6.45, 7) is 1.91. The van der Waals surface area contributed by atoms with Gasteiger partial charge >= 0.3 is 5.97 Å². The van der Waals surface area contributed by atoms with Crippen LogP contribution >= 0.6 is 0 Å². The first kappa shape index (κ1) is 15.8. The number of para-hydroxylation sites is 1. The van der Waals surface area contributed by atoms with E-state index in [2.05, 4.69) is 18.0 Å². The average molecular weight is 313 g/mol. The quantitative estimate of drug-likeness (QED) is 0.647. The van der Waals surface area contributed by atoms with Gasteiger partial charge in [-0.05, 0) is 30.7 Å². The van der Waals surface area contributed by atoms with Crippen LogP contribution in [0.1, 0.15) is 54.9 Å². The number of Topliss-reactive ketones (excluding diaryl/α,β-unsaturated/α-hetero) is 1. The van der Waals surface area contributed by atoms with Crippen molar-refractivity contribution in [3.05, 3.63) is 35.5 Å². The summed E-state index contributed by atoms with van der Waals surface area (Å²) in [5, 5.41) is 0.904. The molecule has 3 rings (SSSR count). The number of fused-ring (bicyclic) bond motifs is 1. The second kappa shape index (κ2) is 6.99. The summed E-state index contributed by atoms with van der Waals surface area (Å²) in [5.74, 6) is 0.0430. The van der Waals surface area contributed by atoms with Crippen molar-refractivity contribution in [3.63, 3.8) is 0 Å². The first-order valence-electron chi connectivity index (χ1n) is 8.46. The highest BCUT2D eigenvalue weighted by Gasteiger charge is 2.20. The molecule has 1 aromatic carbocycles. The van der Waals surface area contributed by atoms with Crippen molar-refractivity contribution in [1.82, 2.24) is 4.98 Å². The van der Waals surface area contributed by atoms with Gasteiger partial charge in [-0.25, -0.2) is 0 Å². The number of aromatic nitrogens is 1. The van der Waals surface area contributed by atoms with Crippen LogP contribution in [-0.4, -0.2) is 23.3 Å². The molecule has 23 heavy (non-hydrogen) atoms. The number of ketones is 1. The van der Waals surface area contributed by atoms with Crippen LogP contribution < -0.4 is 0 Å². The van der Waals surface area contributed by atoms with Crippen LogP contribution in [0.2, 0.25) is 0 Å². The Balaban J connectivity index is 1.63. The lowest BCUT2D eigenvalue weighted by Crippen LogP contribution is -2.15. The SMILES string of the molecule is CCc1cccc2c(C(=O)COC(=O)CC3CCCC3)c[nH]c12. The summed E-state index contributed by atoms with van der Waals surface area (Å²) in [6, 6.07) is 5.94. The van der Waals surface area contributed by atoms with Gasteiger partial charge in [-0.15, -0.1) is 0 Å². The van der Waals surface area contributed by atoms with Crippen LogP contribution in [0, 0.1) is 5.92 Å². The fourth-order valence-corrected chi connectivity index (χ4v) is 3.48. The number of nitrogens with one attached hydrogen (secondary N) is 1. The smallest absolute Gasteiger partial charge is 0.306 e. The van der Waals surface area contributed by atoms with Crippen LogP contribution in [0.5, 0.6) is 0 Å². The molecule has 122 valence electrons. The number of ether oxygens (including phenoxy) is 1. The predicted octanol–water partition coefficient (Wildman–Crippen LogP) is 4.04. The van der Waals surface area contributed by atoms with Gasteiger partial charge in [0.2, 0.25) is 5.78 Å². The highest BCUT2D eigenvalue weighted by molar-refractivity contribution is 6.09. The van der Waals surface area contributed by atoms with E-state index in [0.29, 0.717) is 17.9 Å². The summed E-state index contributed by atoms with van der Waals surface area (Å²) in [6.07, 6.45) is 7.68. The van der Waals surface area contributed by atoms with E-state index in [-0.39, 0.29) is 18.4 Å². The first-order chi connectivity index (χ1) is 11.2. The Morgan fingerprint density at radius 2 is 2.04 bits per heavy atom. The number of H-pyrrole nitrogens is 1. The summed E-state index contributed by atoms with van der Waals surface area (Å²) < 4.78 is 5.19. The molecule has 0 saturated heterocycles. The van der Waals surface area contributed by atoms with Gasteiger partial charge in [0.1, 0.15) is 0 Å². The van der Waals surface area contributed by atoms with E-state index in [9.17, 15) is 9.59 Å². The third-order valence-corrected chi connectivity index (χ3v) is 4.78. The predicted molar refractivity (Wildman–Crippen MR) is 89.5 cm³/mol. The minimum atomic E-state index is -0.251. The number of aromatic amines is 1. The molecule has 4 heteroatoms. The molecule has 1 aromatic heterocycles. The number of carbonyl (C=O) groups is 2. The molecule has 0 aliphatic heterocycles. The number of carbonyl (C=O) groups excluding carboxylic acids is 2. The van der Waals surface area contributed by atoms with Gasteiger partial charge in [0, 0.05) is 29.1 Å². The summed E-state index contributed by atoms with van der Waals surface area (Å²) in [5.41, 5.74) is 2.78. The molecule has 1 fully saturated rings. The van der Waals surface area contributed by atoms with E-state index in [4.69, 9.17) is 4.74 Å². The lowest BCUT2D eigenvalue weighted by atomic mass is 10.0. The zero-order valence-electron chi connectivity index (χ0n) is 13.6. The van der Waals surface area contributed by atoms with E-state index in [1.807, 2.05) is 12.1 Å². The Morgan fingerprint density at radius 1 is 1.26 bits per heavy atom. The second-order valence-corrected chi connectivity index (χ2v) is 6.33. The Kier molecular flexibility index (Phi) is 4.79. The molecule has 1 aliphatic rings. The minimum Gasteiger partial charge on any atom is -0.457 e. The van der Waals surface area contributed by atoms with Crippen LogP contribution in [0.3, 0.4) is 0 Å². The number of rotatable bonds is 6. The molecule has 1 aliphatic carbocycles. The largest absolute Gasteiger partial charge is 0.457 e. The second-order valence-electron chi connectivity index (χ2n) is 6.33. The van der Waals surface area contributed by atoms with Crippen LogP contribution in [0.4, 0.5) is 0 Å². The Morgan fingerprint density at radius 3 is 2.78 bits per heavy atom. The van der Waals surface area contributed by atoms with E-state index in [1.54, 1.807) is 6.20 Å². The maximum absolute atomic E-state index is 12.4. The molecular formula is C19H23NO3. The van der Waals surface area contributed by atoms with Gasteiger partial charge in [-0.2, -0.15) is 0 Å². The van der Waals surface area contributed by atoms with Crippen molar-refractivity contribution < 1.29 is 14.3 Å². The number of hydrogen-bond donors (Lipinski definition) is 1. The highest BCUT2D eigenvalue weighted by Crippen LogP contribution is 2.28. The van der Waals surface area contributed by atoms with E-state index < -0.39 is 0 Å². The van der Waals surface area contributed by atoms with Gasteiger partial charge in [-0.1, -0.05) is 38.0 Å². The Hall–Kier alpha value is -2.10. The minimum absolute atomic E-state index is 0.149. The fraction of sp³-hybridized carbons (Fsp3) is 0.474. The molecule has 0 amide bonds. The fourth-order valence-electron chi connectivity index (χ4n) is 3.48. The average Bonchev–Trinajstić information content (AvgIpc) is 3.21.